The normalized spacial score (nSPS) is 11.0. The van der Waals surface area contributed by atoms with Crippen LogP contribution in [0.15, 0.2) is 47.8 Å². The summed E-state index contributed by atoms with van der Waals surface area (Å²) in [5.41, 5.74) is 0.930. The predicted octanol–water partition coefficient (Wildman–Crippen LogP) is 4.90. The number of nitrogens with one attached hydrogen (secondary N) is 1. The Kier molecular flexibility index (Phi) is 6.23. The maximum Gasteiger partial charge on any atom is 0.220 e. The molecule has 0 aliphatic heterocycles. The maximum absolute atomic E-state index is 12.0. The van der Waals surface area contributed by atoms with Gasteiger partial charge in [0.05, 0.1) is 23.9 Å². The van der Waals surface area contributed by atoms with Crippen molar-refractivity contribution in [2.24, 2.45) is 0 Å². The first-order chi connectivity index (χ1) is 12.6. The molecule has 2 aromatic carbocycles. The molecule has 26 heavy (non-hydrogen) atoms. The molecule has 0 radical (unpaired) electrons. The van der Waals surface area contributed by atoms with E-state index in [4.69, 9.17) is 4.74 Å². The van der Waals surface area contributed by atoms with Gasteiger partial charge in [-0.15, -0.1) is 11.3 Å². The zero-order valence-corrected chi connectivity index (χ0v) is 16.0. The fraction of sp³-hybridized carbons (Fsp3) is 0.333. The van der Waals surface area contributed by atoms with Crippen molar-refractivity contribution in [2.45, 2.75) is 39.2 Å². The smallest absolute Gasteiger partial charge is 0.220 e. The Labute approximate surface area is 158 Å². The predicted molar refractivity (Wildman–Crippen MR) is 107 cm³/mol. The van der Waals surface area contributed by atoms with Crippen LogP contribution in [0, 0.1) is 0 Å². The Morgan fingerprint density at radius 3 is 2.81 bits per heavy atom. The number of rotatable bonds is 8. The number of amides is 1. The fourth-order valence-electron chi connectivity index (χ4n) is 2.68. The molecule has 136 valence electrons. The van der Waals surface area contributed by atoms with E-state index in [0.717, 1.165) is 27.2 Å². The number of fused-ring (bicyclic) bond motifs is 1. The number of ether oxygens (including phenoxy) is 1. The fourth-order valence-corrected chi connectivity index (χ4v) is 3.52. The average Bonchev–Trinajstić information content (AvgIpc) is 3.13. The number of carbonyl (C=O) groups excluding carboxylic acids is 1. The summed E-state index contributed by atoms with van der Waals surface area (Å²) in [7, 11) is 0. The average molecular weight is 369 g/mol. The van der Waals surface area contributed by atoms with Gasteiger partial charge in [0.25, 0.3) is 0 Å². The molecule has 1 aromatic heterocycles. The number of hydrogen-bond acceptors (Lipinski definition) is 4. The Balaban J connectivity index is 1.41. The van der Waals surface area contributed by atoms with Gasteiger partial charge in [0.2, 0.25) is 5.91 Å². The molecule has 3 rings (SSSR count). The molecule has 3 aromatic rings. The number of carbonyl (C=O) groups is 1. The van der Waals surface area contributed by atoms with Crippen LogP contribution in [-0.2, 0) is 11.3 Å². The zero-order chi connectivity index (χ0) is 18.4. The molecular formula is C21H24N2O2S. The van der Waals surface area contributed by atoms with Crippen LogP contribution < -0.4 is 10.1 Å². The number of nitrogens with zero attached hydrogens (tertiary/aromatic N) is 1. The topological polar surface area (TPSA) is 51.2 Å². The Morgan fingerprint density at radius 2 is 2.00 bits per heavy atom. The van der Waals surface area contributed by atoms with E-state index in [9.17, 15) is 4.79 Å². The standard InChI is InChI=1S/C21H24N2O2S/c1-15(2)21-23-17(14-26-21)13-22-20(24)11-6-12-25-19-10-5-8-16-7-3-4-9-18(16)19/h3-5,7-10,14-15H,6,11-13H2,1-2H3,(H,22,24). The maximum atomic E-state index is 12.0. The summed E-state index contributed by atoms with van der Waals surface area (Å²) < 4.78 is 5.87. The van der Waals surface area contributed by atoms with Crippen LogP contribution in [-0.4, -0.2) is 17.5 Å². The first kappa shape index (κ1) is 18.4. The first-order valence-corrected chi connectivity index (χ1v) is 9.83. The quantitative estimate of drug-likeness (QED) is 0.576. The van der Waals surface area contributed by atoms with Gasteiger partial charge in [0.15, 0.2) is 0 Å². The molecule has 0 aliphatic rings. The van der Waals surface area contributed by atoms with Crippen LogP contribution in [0.25, 0.3) is 10.8 Å². The number of thiazole rings is 1. The number of hydrogen-bond donors (Lipinski definition) is 1. The molecule has 0 fully saturated rings. The van der Waals surface area contributed by atoms with Crippen molar-refractivity contribution in [2.75, 3.05) is 6.61 Å². The van der Waals surface area contributed by atoms with Crippen LogP contribution >= 0.6 is 11.3 Å². The van der Waals surface area contributed by atoms with Gasteiger partial charge < -0.3 is 10.1 Å². The van der Waals surface area contributed by atoms with Gasteiger partial charge in [-0.2, -0.15) is 0 Å². The number of aromatic nitrogens is 1. The molecule has 0 saturated heterocycles. The van der Waals surface area contributed by atoms with E-state index < -0.39 is 0 Å². The molecule has 0 aliphatic carbocycles. The lowest BCUT2D eigenvalue weighted by molar-refractivity contribution is -0.121. The lowest BCUT2D eigenvalue weighted by atomic mass is 10.1. The molecule has 5 heteroatoms. The molecule has 0 atom stereocenters. The van der Waals surface area contributed by atoms with Gasteiger partial charge in [-0.1, -0.05) is 50.2 Å². The third-order valence-corrected chi connectivity index (χ3v) is 5.28. The highest BCUT2D eigenvalue weighted by atomic mass is 32.1. The summed E-state index contributed by atoms with van der Waals surface area (Å²) >= 11 is 1.65. The Morgan fingerprint density at radius 1 is 1.19 bits per heavy atom. The SMILES string of the molecule is CC(C)c1nc(CNC(=O)CCCOc2cccc3ccccc23)cs1. The molecule has 4 nitrogen and oxygen atoms in total. The molecule has 0 bridgehead atoms. The summed E-state index contributed by atoms with van der Waals surface area (Å²) in [6, 6.07) is 14.2. The van der Waals surface area contributed by atoms with Crippen molar-refractivity contribution in [1.82, 2.24) is 10.3 Å². The third kappa shape index (κ3) is 4.82. The minimum absolute atomic E-state index is 0.0330. The monoisotopic (exact) mass is 368 g/mol. The van der Waals surface area contributed by atoms with Gasteiger partial charge in [-0.25, -0.2) is 4.98 Å². The van der Waals surface area contributed by atoms with E-state index in [0.29, 0.717) is 31.9 Å². The second-order valence-corrected chi connectivity index (χ2v) is 7.43. The highest BCUT2D eigenvalue weighted by Crippen LogP contribution is 2.25. The molecule has 0 spiro atoms. The van der Waals surface area contributed by atoms with E-state index in [1.807, 2.05) is 29.6 Å². The van der Waals surface area contributed by atoms with Crippen molar-refractivity contribution < 1.29 is 9.53 Å². The number of benzene rings is 2. The van der Waals surface area contributed by atoms with Crippen molar-refractivity contribution in [1.29, 1.82) is 0 Å². The van der Waals surface area contributed by atoms with Crippen LogP contribution in [0.4, 0.5) is 0 Å². The second kappa shape index (κ2) is 8.81. The van der Waals surface area contributed by atoms with Crippen LogP contribution in [0.1, 0.15) is 43.3 Å². The molecule has 1 N–H and O–H groups in total. The van der Waals surface area contributed by atoms with Crippen molar-refractivity contribution >= 4 is 28.0 Å². The minimum atomic E-state index is 0.0330. The van der Waals surface area contributed by atoms with E-state index in [2.05, 4.69) is 42.3 Å². The van der Waals surface area contributed by atoms with E-state index in [1.54, 1.807) is 11.3 Å². The first-order valence-electron chi connectivity index (χ1n) is 8.95. The van der Waals surface area contributed by atoms with Gasteiger partial charge in [0.1, 0.15) is 5.75 Å². The largest absolute Gasteiger partial charge is 0.493 e. The van der Waals surface area contributed by atoms with Crippen molar-refractivity contribution in [3.8, 4) is 5.75 Å². The summed E-state index contributed by atoms with van der Waals surface area (Å²) in [4.78, 5) is 16.5. The van der Waals surface area contributed by atoms with Crippen LogP contribution in [0.3, 0.4) is 0 Å². The van der Waals surface area contributed by atoms with E-state index in [-0.39, 0.29) is 5.91 Å². The van der Waals surface area contributed by atoms with E-state index in [1.165, 1.54) is 0 Å². The van der Waals surface area contributed by atoms with Gasteiger partial charge in [0, 0.05) is 23.1 Å². The van der Waals surface area contributed by atoms with Crippen molar-refractivity contribution in [3.63, 3.8) is 0 Å². The summed E-state index contributed by atoms with van der Waals surface area (Å²) in [6.07, 6.45) is 1.13. The van der Waals surface area contributed by atoms with Crippen LogP contribution in [0.5, 0.6) is 5.75 Å². The van der Waals surface area contributed by atoms with Crippen LogP contribution in [0.2, 0.25) is 0 Å². The highest BCUT2D eigenvalue weighted by Gasteiger charge is 2.08. The molecule has 0 unspecified atom stereocenters. The molecule has 0 saturated carbocycles. The third-order valence-electron chi connectivity index (χ3n) is 4.09. The Bertz CT molecular complexity index is 868. The molecule has 1 heterocycles. The molecule has 1 amide bonds. The highest BCUT2D eigenvalue weighted by molar-refractivity contribution is 7.09. The van der Waals surface area contributed by atoms with Gasteiger partial charge in [-0.3, -0.25) is 4.79 Å². The van der Waals surface area contributed by atoms with Gasteiger partial charge in [-0.05, 0) is 17.9 Å². The zero-order valence-electron chi connectivity index (χ0n) is 15.2. The summed E-state index contributed by atoms with van der Waals surface area (Å²) in [6.45, 7) is 5.26. The minimum Gasteiger partial charge on any atom is -0.493 e. The van der Waals surface area contributed by atoms with Gasteiger partial charge >= 0.3 is 0 Å². The van der Waals surface area contributed by atoms with E-state index >= 15 is 0 Å². The lowest BCUT2D eigenvalue weighted by Crippen LogP contribution is -2.23. The lowest BCUT2D eigenvalue weighted by Gasteiger charge is -2.09. The second-order valence-electron chi connectivity index (χ2n) is 6.54. The Hall–Kier alpha value is -2.40. The summed E-state index contributed by atoms with van der Waals surface area (Å²) in [5.74, 6) is 1.33. The molecular weight excluding hydrogens is 344 g/mol. The summed E-state index contributed by atoms with van der Waals surface area (Å²) in [5, 5.41) is 8.31. The van der Waals surface area contributed by atoms with Crippen molar-refractivity contribution in [3.05, 3.63) is 58.5 Å².